The third-order valence-electron chi connectivity index (χ3n) is 4.44. The predicted molar refractivity (Wildman–Crippen MR) is 82.0 cm³/mol. The molecule has 0 aliphatic heterocycles. The molecule has 110 valence electrons. The number of nitrogens with one attached hydrogen (secondary N) is 1. The lowest BCUT2D eigenvalue weighted by Gasteiger charge is -2.28. The number of nitrogens with two attached hydrogens (primary N) is 1. The van der Waals surface area contributed by atoms with Gasteiger partial charge in [-0.3, -0.25) is 0 Å². The fourth-order valence-corrected chi connectivity index (χ4v) is 3.04. The summed E-state index contributed by atoms with van der Waals surface area (Å²) in [7, 11) is 0. The van der Waals surface area contributed by atoms with E-state index in [0.717, 1.165) is 12.5 Å². The van der Waals surface area contributed by atoms with E-state index in [1.807, 2.05) is 0 Å². The second-order valence-electron chi connectivity index (χ2n) is 5.75. The molecule has 0 aromatic heterocycles. The highest BCUT2D eigenvalue weighted by Gasteiger charge is 2.20. The highest BCUT2D eigenvalue weighted by molar-refractivity contribution is 5.97. The number of rotatable bonds is 5. The number of hydrogen-bond acceptors (Lipinski definition) is 3. The average molecular weight is 276 g/mol. The fraction of sp³-hybridized carbons (Fsp3) is 0.562. The van der Waals surface area contributed by atoms with Crippen LogP contribution in [0.15, 0.2) is 18.2 Å². The minimum absolute atomic E-state index is 0.257. The molecule has 0 radical (unpaired) electrons. The van der Waals surface area contributed by atoms with Gasteiger partial charge in [0.1, 0.15) is 0 Å². The van der Waals surface area contributed by atoms with Gasteiger partial charge < -0.3 is 16.2 Å². The Morgan fingerprint density at radius 2 is 1.95 bits per heavy atom. The Labute approximate surface area is 120 Å². The maximum absolute atomic E-state index is 11.2. The van der Waals surface area contributed by atoms with Gasteiger partial charge in [0.2, 0.25) is 0 Å². The summed E-state index contributed by atoms with van der Waals surface area (Å²) >= 11 is 0. The van der Waals surface area contributed by atoms with Gasteiger partial charge in [-0.05, 0) is 36.8 Å². The zero-order valence-corrected chi connectivity index (χ0v) is 12.1. The van der Waals surface area contributed by atoms with E-state index in [9.17, 15) is 9.90 Å². The minimum Gasteiger partial charge on any atom is -0.478 e. The number of hydrogen-bond donors (Lipinski definition) is 3. The lowest BCUT2D eigenvalue weighted by molar-refractivity contribution is 0.0698. The molecule has 0 atom stereocenters. The van der Waals surface area contributed by atoms with Crippen molar-refractivity contribution in [1.29, 1.82) is 0 Å². The molecule has 4 N–H and O–H groups in total. The molecule has 4 nitrogen and oxygen atoms in total. The second kappa shape index (κ2) is 6.64. The molecule has 2 rings (SSSR count). The number of benzene rings is 1. The van der Waals surface area contributed by atoms with Crippen LogP contribution in [0.25, 0.3) is 0 Å². The molecule has 0 bridgehead atoms. The first-order valence-corrected chi connectivity index (χ1v) is 7.47. The first-order valence-electron chi connectivity index (χ1n) is 7.47. The van der Waals surface area contributed by atoms with E-state index < -0.39 is 5.97 Å². The number of carboxylic acid groups (broad SMARTS) is 1. The van der Waals surface area contributed by atoms with Gasteiger partial charge in [-0.15, -0.1) is 0 Å². The lowest BCUT2D eigenvalue weighted by atomic mass is 9.81. The predicted octanol–water partition coefficient (Wildman–Crippen LogP) is 3.60. The van der Waals surface area contributed by atoms with Crippen molar-refractivity contribution in [2.24, 2.45) is 11.8 Å². The number of aromatic carboxylic acids is 1. The van der Waals surface area contributed by atoms with Gasteiger partial charge in [0.15, 0.2) is 0 Å². The molecular formula is C16H24N2O2. The van der Waals surface area contributed by atoms with Gasteiger partial charge >= 0.3 is 5.97 Å². The van der Waals surface area contributed by atoms with Crippen LogP contribution in [-0.4, -0.2) is 17.6 Å². The van der Waals surface area contributed by atoms with Crippen LogP contribution in [0.5, 0.6) is 0 Å². The first kappa shape index (κ1) is 14.7. The first-order chi connectivity index (χ1) is 9.61. The van der Waals surface area contributed by atoms with E-state index in [2.05, 4.69) is 12.2 Å². The van der Waals surface area contributed by atoms with Gasteiger partial charge in [-0.1, -0.05) is 32.3 Å². The molecule has 1 aromatic rings. The summed E-state index contributed by atoms with van der Waals surface area (Å²) in [6, 6.07) is 5.01. The van der Waals surface area contributed by atoms with Gasteiger partial charge in [0, 0.05) is 6.54 Å². The summed E-state index contributed by atoms with van der Waals surface area (Å²) in [5.74, 6) is 0.566. The Morgan fingerprint density at radius 1 is 1.30 bits per heavy atom. The van der Waals surface area contributed by atoms with Gasteiger partial charge in [-0.2, -0.15) is 0 Å². The number of anilines is 2. The molecule has 0 spiro atoms. The highest BCUT2D eigenvalue weighted by Crippen LogP contribution is 2.31. The molecule has 20 heavy (non-hydrogen) atoms. The van der Waals surface area contributed by atoms with E-state index >= 15 is 0 Å². The van der Waals surface area contributed by atoms with E-state index in [-0.39, 0.29) is 5.56 Å². The van der Waals surface area contributed by atoms with Crippen LogP contribution in [0, 0.1) is 11.8 Å². The fourth-order valence-electron chi connectivity index (χ4n) is 3.04. The Kier molecular flexibility index (Phi) is 4.88. The molecule has 1 aromatic carbocycles. The zero-order chi connectivity index (χ0) is 14.5. The molecule has 1 aliphatic rings. The SMILES string of the molecule is CCC1CCC(CNc2c(N)cccc2C(=O)O)CC1. The molecule has 0 heterocycles. The van der Waals surface area contributed by atoms with E-state index in [1.165, 1.54) is 32.1 Å². The number of carboxylic acids is 1. The normalized spacial score (nSPS) is 22.4. The van der Waals surface area contributed by atoms with Crippen LogP contribution in [0.1, 0.15) is 49.4 Å². The molecule has 0 saturated heterocycles. The van der Waals surface area contributed by atoms with E-state index in [4.69, 9.17) is 5.73 Å². The van der Waals surface area contributed by atoms with Crippen molar-refractivity contribution in [1.82, 2.24) is 0 Å². The standard InChI is InChI=1S/C16H24N2O2/c1-2-11-6-8-12(9-7-11)10-18-15-13(16(19)20)4-3-5-14(15)17/h3-5,11-12,18H,2,6-10,17H2,1H3,(H,19,20). The number of para-hydroxylation sites is 1. The van der Waals surface area contributed by atoms with Gasteiger partial charge in [-0.25, -0.2) is 4.79 Å². The molecule has 0 amide bonds. The maximum Gasteiger partial charge on any atom is 0.337 e. The van der Waals surface area contributed by atoms with Crippen LogP contribution < -0.4 is 11.1 Å². The monoisotopic (exact) mass is 276 g/mol. The van der Waals surface area contributed by atoms with Crippen LogP contribution >= 0.6 is 0 Å². The topological polar surface area (TPSA) is 75.3 Å². The summed E-state index contributed by atoms with van der Waals surface area (Å²) in [6.07, 6.45) is 6.30. The zero-order valence-electron chi connectivity index (χ0n) is 12.1. The summed E-state index contributed by atoms with van der Waals surface area (Å²) in [6.45, 7) is 3.07. The maximum atomic E-state index is 11.2. The Bertz CT molecular complexity index is 466. The van der Waals surface area contributed by atoms with Crippen molar-refractivity contribution >= 4 is 17.3 Å². The van der Waals surface area contributed by atoms with Crippen molar-refractivity contribution in [2.75, 3.05) is 17.6 Å². The van der Waals surface area contributed by atoms with Crippen LogP contribution in [0.2, 0.25) is 0 Å². The lowest BCUT2D eigenvalue weighted by Crippen LogP contribution is -2.22. The van der Waals surface area contributed by atoms with Crippen molar-refractivity contribution in [2.45, 2.75) is 39.0 Å². The molecule has 1 saturated carbocycles. The molecule has 1 aliphatic carbocycles. The molecular weight excluding hydrogens is 252 g/mol. The summed E-state index contributed by atoms with van der Waals surface area (Å²) in [4.78, 5) is 11.2. The highest BCUT2D eigenvalue weighted by atomic mass is 16.4. The molecule has 1 fully saturated rings. The summed E-state index contributed by atoms with van der Waals surface area (Å²) in [5, 5.41) is 12.5. The Hall–Kier alpha value is -1.71. The largest absolute Gasteiger partial charge is 0.478 e. The Balaban J connectivity index is 1.96. The summed E-state index contributed by atoms with van der Waals surface area (Å²) < 4.78 is 0. The molecule has 4 heteroatoms. The minimum atomic E-state index is -0.936. The number of nitrogen functional groups attached to an aromatic ring is 1. The quantitative estimate of drug-likeness (QED) is 0.718. The van der Waals surface area contributed by atoms with E-state index in [1.54, 1.807) is 18.2 Å². The third-order valence-corrected chi connectivity index (χ3v) is 4.44. The van der Waals surface area contributed by atoms with Gasteiger partial charge in [0.25, 0.3) is 0 Å². The second-order valence-corrected chi connectivity index (χ2v) is 5.75. The van der Waals surface area contributed by atoms with Gasteiger partial charge in [0.05, 0.1) is 16.9 Å². The Morgan fingerprint density at radius 3 is 2.55 bits per heavy atom. The van der Waals surface area contributed by atoms with Crippen molar-refractivity contribution in [3.8, 4) is 0 Å². The van der Waals surface area contributed by atoms with E-state index in [0.29, 0.717) is 17.3 Å². The summed E-state index contributed by atoms with van der Waals surface area (Å²) in [5.41, 5.74) is 7.22. The third kappa shape index (κ3) is 3.44. The average Bonchev–Trinajstić information content (AvgIpc) is 2.46. The smallest absolute Gasteiger partial charge is 0.337 e. The van der Waals surface area contributed by atoms with Crippen LogP contribution in [-0.2, 0) is 0 Å². The number of carbonyl (C=O) groups is 1. The van der Waals surface area contributed by atoms with Crippen LogP contribution in [0.4, 0.5) is 11.4 Å². The molecule has 0 unspecified atom stereocenters. The van der Waals surface area contributed by atoms with Crippen molar-refractivity contribution in [3.05, 3.63) is 23.8 Å². The van der Waals surface area contributed by atoms with Crippen LogP contribution in [0.3, 0.4) is 0 Å². The van der Waals surface area contributed by atoms with Crippen molar-refractivity contribution in [3.63, 3.8) is 0 Å². The van der Waals surface area contributed by atoms with Crippen molar-refractivity contribution < 1.29 is 9.90 Å².